The van der Waals surface area contributed by atoms with Crippen molar-refractivity contribution in [2.75, 3.05) is 13.1 Å². The summed E-state index contributed by atoms with van der Waals surface area (Å²) in [6.45, 7) is 3.34. The summed E-state index contributed by atoms with van der Waals surface area (Å²) in [7, 11) is -3.10. The summed E-state index contributed by atoms with van der Waals surface area (Å²) < 4.78 is 32.5. The number of nitrogens with zero attached hydrogens (tertiary/aromatic N) is 2. The van der Waals surface area contributed by atoms with Crippen molar-refractivity contribution in [1.82, 2.24) is 9.29 Å². The summed E-state index contributed by atoms with van der Waals surface area (Å²) in [4.78, 5) is 4.42. The van der Waals surface area contributed by atoms with Gasteiger partial charge in [0.2, 0.25) is 10.0 Å². The van der Waals surface area contributed by atoms with Crippen LogP contribution in [-0.2, 0) is 10.0 Å². The third-order valence-corrected chi connectivity index (χ3v) is 7.67. The van der Waals surface area contributed by atoms with Gasteiger partial charge < -0.3 is 4.42 Å². The molecule has 3 heterocycles. The van der Waals surface area contributed by atoms with Crippen LogP contribution in [0.4, 0.5) is 0 Å². The summed E-state index contributed by atoms with van der Waals surface area (Å²) >= 11 is 0. The molecule has 1 aliphatic carbocycles. The fraction of sp³-hybridized carbons (Fsp3) is 0.588. The number of sulfonamides is 1. The number of piperidine rings is 1. The van der Waals surface area contributed by atoms with Crippen molar-refractivity contribution in [2.24, 2.45) is 5.92 Å². The normalized spacial score (nSPS) is 27.2. The van der Waals surface area contributed by atoms with Gasteiger partial charge in [0.25, 0.3) is 0 Å². The van der Waals surface area contributed by atoms with Gasteiger partial charge >= 0.3 is 0 Å². The zero-order valence-corrected chi connectivity index (χ0v) is 14.1. The van der Waals surface area contributed by atoms with Crippen molar-refractivity contribution in [3.63, 3.8) is 0 Å². The second-order valence-corrected chi connectivity index (χ2v) is 9.17. The Kier molecular flexibility index (Phi) is 3.69. The maximum atomic E-state index is 12.6. The van der Waals surface area contributed by atoms with Crippen molar-refractivity contribution in [1.29, 1.82) is 0 Å². The van der Waals surface area contributed by atoms with Crippen molar-refractivity contribution >= 4 is 21.1 Å². The van der Waals surface area contributed by atoms with Crippen molar-refractivity contribution in [3.8, 4) is 0 Å². The first kappa shape index (κ1) is 15.1. The molecule has 2 fully saturated rings. The van der Waals surface area contributed by atoms with Crippen LogP contribution in [0.25, 0.3) is 11.1 Å². The minimum absolute atomic E-state index is 0.148. The van der Waals surface area contributed by atoms with Gasteiger partial charge in [0.05, 0.1) is 11.5 Å². The molecule has 23 heavy (non-hydrogen) atoms. The number of pyridine rings is 1. The topological polar surface area (TPSA) is 63.4 Å². The minimum atomic E-state index is -3.10. The molecule has 2 aromatic rings. The molecule has 5 nitrogen and oxygen atoms in total. The van der Waals surface area contributed by atoms with Gasteiger partial charge in [-0.05, 0) is 49.7 Å². The number of rotatable bonds is 3. The molecular weight excluding hydrogens is 312 g/mol. The molecule has 1 saturated carbocycles. The molecule has 0 radical (unpaired) electrons. The zero-order valence-electron chi connectivity index (χ0n) is 13.3. The molecular formula is C17H22N2O3S. The van der Waals surface area contributed by atoms with Crippen LogP contribution in [0.3, 0.4) is 0 Å². The summed E-state index contributed by atoms with van der Waals surface area (Å²) in [5.41, 5.74) is 2.84. The second-order valence-electron chi connectivity index (χ2n) is 6.96. The van der Waals surface area contributed by atoms with Gasteiger partial charge in [-0.25, -0.2) is 12.7 Å². The van der Waals surface area contributed by atoms with E-state index in [9.17, 15) is 8.42 Å². The molecule has 2 aliphatic rings. The first-order chi connectivity index (χ1) is 11.1. The van der Waals surface area contributed by atoms with Crippen LogP contribution in [0.1, 0.15) is 44.1 Å². The van der Waals surface area contributed by atoms with Gasteiger partial charge in [0.15, 0.2) is 5.58 Å². The van der Waals surface area contributed by atoms with E-state index in [1.54, 1.807) is 16.8 Å². The predicted octanol–water partition coefficient (Wildman–Crippen LogP) is 3.14. The molecule has 4 rings (SSSR count). The fourth-order valence-electron chi connectivity index (χ4n) is 3.88. The maximum absolute atomic E-state index is 12.6. The number of aromatic nitrogens is 1. The van der Waals surface area contributed by atoms with E-state index < -0.39 is 10.0 Å². The number of fused-ring (bicyclic) bond motifs is 1. The van der Waals surface area contributed by atoms with Crippen LogP contribution >= 0.6 is 0 Å². The first-order valence-electron chi connectivity index (χ1n) is 8.37. The van der Waals surface area contributed by atoms with E-state index >= 15 is 0 Å². The molecule has 1 saturated heterocycles. The van der Waals surface area contributed by atoms with Gasteiger partial charge in [-0.1, -0.05) is 6.92 Å². The highest BCUT2D eigenvalue weighted by molar-refractivity contribution is 7.89. The molecule has 0 bridgehead atoms. The van der Waals surface area contributed by atoms with E-state index in [4.69, 9.17) is 4.42 Å². The third-order valence-electron chi connectivity index (χ3n) is 5.36. The standard InChI is InChI=1S/C17H22N2O3S/c1-12-9-14(10-12)23(20,21)19-7-4-13(5-8-19)15-11-22-16-3-2-6-18-17(15)16/h2-3,6,11-14H,4-5,7-10H2,1H3. The Bertz CT molecular complexity index is 800. The molecule has 0 atom stereocenters. The molecule has 0 unspecified atom stereocenters. The summed E-state index contributed by atoms with van der Waals surface area (Å²) in [5, 5.41) is -0.148. The molecule has 0 amide bonds. The van der Waals surface area contributed by atoms with Gasteiger partial charge in [-0.2, -0.15) is 0 Å². The molecule has 124 valence electrons. The smallest absolute Gasteiger partial charge is 0.217 e. The maximum Gasteiger partial charge on any atom is 0.217 e. The van der Waals surface area contributed by atoms with E-state index in [2.05, 4.69) is 11.9 Å². The Balaban J connectivity index is 1.47. The Morgan fingerprint density at radius 3 is 2.70 bits per heavy atom. The largest absolute Gasteiger partial charge is 0.462 e. The van der Waals surface area contributed by atoms with Crippen molar-refractivity contribution < 1.29 is 12.8 Å². The highest BCUT2D eigenvalue weighted by Crippen LogP contribution is 2.38. The van der Waals surface area contributed by atoms with E-state index in [0.717, 1.165) is 42.3 Å². The van der Waals surface area contributed by atoms with Crippen LogP contribution in [0, 0.1) is 5.92 Å². The quantitative estimate of drug-likeness (QED) is 0.865. The summed E-state index contributed by atoms with van der Waals surface area (Å²) in [6.07, 6.45) is 6.88. The van der Waals surface area contributed by atoms with Crippen LogP contribution in [0.15, 0.2) is 29.0 Å². The number of furan rings is 1. The number of hydrogen-bond acceptors (Lipinski definition) is 4. The summed E-state index contributed by atoms with van der Waals surface area (Å²) in [6, 6.07) is 3.79. The molecule has 2 aromatic heterocycles. The third kappa shape index (κ3) is 2.58. The Morgan fingerprint density at radius 1 is 1.26 bits per heavy atom. The van der Waals surface area contributed by atoms with E-state index in [1.165, 1.54) is 0 Å². The monoisotopic (exact) mass is 334 g/mol. The average molecular weight is 334 g/mol. The lowest BCUT2D eigenvalue weighted by Crippen LogP contribution is -2.47. The van der Waals surface area contributed by atoms with E-state index in [0.29, 0.717) is 24.9 Å². The average Bonchev–Trinajstić information content (AvgIpc) is 2.96. The Labute approximate surface area is 136 Å². The SMILES string of the molecule is CC1CC(S(=O)(=O)N2CCC(c3coc4cccnc34)CC2)C1. The molecule has 1 aliphatic heterocycles. The Morgan fingerprint density at radius 2 is 2.00 bits per heavy atom. The van der Waals surface area contributed by atoms with Crippen LogP contribution in [0.2, 0.25) is 0 Å². The Hall–Kier alpha value is -1.40. The van der Waals surface area contributed by atoms with Gasteiger partial charge in [0, 0.05) is 24.8 Å². The fourth-order valence-corrected chi connectivity index (χ4v) is 6.16. The number of hydrogen-bond donors (Lipinski definition) is 0. The second kappa shape index (κ2) is 5.60. The first-order valence-corrected chi connectivity index (χ1v) is 9.87. The van der Waals surface area contributed by atoms with Gasteiger partial charge in [-0.15, -0.1) is 0 Å². The van der Waals surface area contributed by atoms with Crippen molar-refractivity contribution in [3.05, 3.63) is 30.2 Å². The molecule has 0 spiro atoms. The van der Waals surface area contributed by atoms with Crippen LogP contribution in [-0.4, -0.2) is 36.0 Å². The van der Waals surface area contributed by atoms with E-state index in [-0.39, 0.29) is 5.25 Å². The molecule has 0 N–H and O–H groups in total. The molecule has 6 heteroatoms. The van der Waals surface area contributed by atoms with Crippen LogP contribution < -0.4 is 0 Å². The lowest BCUT2D eigenvalue weighted by molar-refractivity contribution is 0.287. The molecule has 0 aromatic carbocycles. The van der Waals surface area contributed by atoms with Gasteiger partial charge in [0.1, 0.15) is 5.52 Å². The zero-order chi connectivity index (χ0) is 16.0. The lowest BCUT2D eigenvalue weighted by atomic mass is 9.87. The highest BCUT2D eigenvalue weighted by Gasteiger charge is 2.41. The van der Waals surface area contributed by atoms with Crippen LogP contribution in [0.5, 0.6) is 0 Å². The van der Waals surface area contributed by atoms with Gasteiger partial charge in [-0.3, -0.25) is 4.98 Å². The van der Waals surface area contributed by atoms with Crippen molar-refractivity contribution in [2.45, 2.75) is 43.8 Å². The minimum Gasteiger partial charge on any atom is -0.462 e. The lowest BCUT2D eigenvalue weighted by Gasteiger charge is -2.38. The highest BCUT2D eigenvalue weighted by atomic mass is 32.2. The predicted molar refractivity (Wildman–Crippen MR) is 88.7 cm³/mol. The van der Waals surface area contributed by atoms with E-state index in [1.807, 2.05) is 12.1 Å². The summed E-state index contributed by atoms with van der Waals surface area (Å²) in [5.74, 6) is 0.883.